The molecule has 15 N–H and O–H groups in total. The Morgan fingerprint density at radius 2 is 1.10 bits per heavy atom. The van der Waals surface area contributed by atoms with Crippen molar-refractivity contribution in [2.24, 2.45) is 39.8 Å². The van der Waals surface area contributed by atoms with Gasteiger partial charge >= 0.3 is 29.8 Å². The van der Waals surface area contributed by atoms with Crippen molar-refractivity contribution in [1.29, 1.82) is 0 Å². The number of aliphatic carboxylic acids is 5. The van der Waals surface area contributed by atoms with Gasteiger partial charge in [0.05, 0.1) is 49.2 Å². The predicted molar refractivity (Wildman–Crippen MR) is 173 cm³/mol. The number of aliphatic imine (C=N–C) groups is 1. The van der Waals surface area contributed by atoms with Crippen LogP contribution in [0.1, 0.15) is 44.9 Å². The fourth-order valence-electron chi connectivity index (χ4n) is 3.87. The second kappa shape index (κ2) is 23.0. The lowest BCUT2D eigenvalue weighted by molar-refractivity contribution is -0.145. The average molecular weight is 740 g/mol. The Labute approximate surface area is 286 Å². The number of ketones is 2. The van der Waals surface area contributed by atoms with E-state index in [1.165, 1.54) is 0 Å². The Morgan fingerprint density at radius 1 is 0.592 bits per heavy atom. The van der Waals surface area contributed by atoms with E-state index in [1.807, 2.05) is 0 Å². The predicted octanol–water partition coefficient (Wildman–Crippen LogP) is -3.21. The number of nitrogens with zero attached hydrogens (tertiary/aromatic N) is 1. The fraction of sp³-hybridized carbons (Fsp3) is 0.615. The number of carboxylic acids is 5. The molecule has 0 saturated carbocycles. The topological polar surface area (TPSA) is 395 Å². The third-order valence-electron chi connectivity index (χ3n) is 6.42. The monoisotopic (exact) mass is 739 g/mol. The van der Waals surface area contributed by atoms with Crippen LogP contribution < -0.4 is 33.6 Å². The smallest absolute Gasteiger partial charge is 0.321 e. The number of nitrogens with one attached hydrogen (secondary N) is 2. The number of hydrogen-bond acceptors (Lipinski definition) is 14. The number of rotatable bonds is 27. The first-order chi connectivity index (χ1) is 22.7. The molecule has 0 radical (unpaired) electrons. The van der Waals surface area contributed by atoms with Gasteiger partial charge in [-0.2, -0.15) is 0 Å². The van der Waals surface area contributed by atoms with Crippen molar-refractivity contribution < 1.29 is 68.7 Å². The van der Waals surface area contributed by atoms with Gasteiger partial charge in [-0.05, 0) is 12.8 Å². The van der Waals surface area contributed by atoms with Crippen LogP contribution >= 0.6 is 21.6 Å². The van der Waals surface area contributed by atoms with Crippen LogP contribution in [0.3, 0.4) is 0 Å². The van der Waals surface area contributed by atoms with Crippen LogP contribution in [0.5, 0.6) is 0 Å². The van der Waals surface area contributed by atoms with Crippen LogP contribution in [0.25, 0.3) is 0 Å². The van der Waals surface area contributed by atoms with E-state index in [2.05, 4.69) is 15.6 Å². The number of nitrogens with two attached hydrogens (primary N) is 4. The van der Waals surface area contributed by atoms with E-state index in [1.54, 1.807) is 0 Å². The summed E-state index contributed by atoms with van der Waals surface area (Å²) in [4.78, 5) is 112. The zero-order valence-corrected chi connectivity index (χ0v) is 27.7. The maximum atomic E-state index is 13.3. The van der Waals surface area contributed by atoms with Crippen molar-refractivity contribution in [2.45, 2.75) is 69.1 Å². The second-order valence-electron chi connectivity index (χ2n) is 10.6. The summed E-state index contributed by atoms with van der Waals surface area (Å²) in [6.45, 7) is -0.00835. The van der Waals surface area contributed by atoms with Crippen LogP contribution in [0.4, 0.5) is 0 Å². The molecule has 6 unspecified atom stereocenters. The molecule has 0 bridgehead atoms. The molecule has 0 aromatic heterocycles. The van der Waals surface area contributed by atoms with Crippen LogP contribution in [0.2, 0.25) is 0 Å². The molecule has 0 aromatic carbocycles. The van der Waals surface area contributed by atoms with E-state index in [4.69, 9.17) is 33.1 Å². The Hall–Kier alpha value is -4.48. The maximum Gasteiger partial charge on any atom is 0.321 e. The van der Waals surface area contributed by atoms with E-state index in [0.29, 0.717) is 0 Å². The van der Waals surface area contributed by atoms with Crippen molar-refractivity contribution in [1.82, 2.24) is 10.6 Å². The van der Waals surface area contributed by atoms with E-state index in [-0.39, 0.29) is 36.9 Å². The van der Waals surface area contributed by atoms with Gasteiger partial charge in [0, 0.05) is 30.9 Å². The molecular weight excluding hydrogens is 698 g/mol. The Kier molecular flexibility index (Phi) is 20.9. The first kappa shape index (κ1) is 44.5. The molecule has 6 atom stereocenters. The van der Waals surface area contributed by atoms with Crippen molar-refractivity contribution in [3.63, 3.8) is 0 Å². The van der Waals surface area contributed by atoms with E-state index in [0.717, 1.165) is 21.6 Å². The number of amides is 2. The Bertz CT molecular complexity index is 1260. The highest BCUT2D eigenvalue weighted by Gasteiger charge is 2.34. The summed E-state index contributed by atoms with van der Waals surface area (Å²) in [6.07, 6.45) is -4.48. The van der Waals surface area contributed by atoms with Gasteiger partial charge in [-0.1, -0.05) is 21.6 Å². The molecule has 0 heterocycles. The van der Waals surface area contributed by atoms with Crippen LogP contribution in [-0.2, 0) is 43.2 Å². The second-order valence-corrected chi connectivity index (χ2v) is 13.1. The molecule has 21 nitrogen and oxygen atoms in total. The SMILES string of the molecule is NC(N)=NCCCC(NC(=O)C(N)CC(=O)O)C(=O)CC(CC(=O)O)C(=O)NC(CC(=O)O)C(=O)CC(CSSCC(N)C(=O)O)C(=O)O. The normalized spacial score (nSPS) is 14.5. The number of Topliss-reactive ketones (excluding diaryl/α,β-unsaturated/α-hetero) is 2. The molecule has 49 heavy (non-hydrogen) atoms. The molecule has 0 spiro atoms. The van der Waals surface area contributed by atoms with E-state index in [9.17, 15) is 58.5 Å². The highest BCUT2D eigenvalue weighted by atomic mass is 33.1. The number of guanidine groups is 1. The van der Waals surface area contributed by atoms with Crippen molar-refractivity contribution >= 4 is 80.8 Å². The third-order valence-corrected chi connectivity index (χ3v) is 8.94. The molecule has 0 saturated heterocycles. The maximum absolute atomic E-state index is 13.3. The minimum atomic E-state index is -1.83. The minimum Gasteiger partial charge on any atom is -0.481 e. The standard InChI is InChI=1S/C26H41N7O14S2/c27-13(7-20(38)39)23(43)32-15(2-1-3-31-26(29)30)17(34)4-11(6-19(36)37)22(42)33-16(8-21(40)41)18(35)5-12(24(44)45)9-48-49-10-14(28)25(46)47/h11-16H,1-10,27-28H2,(H,32,43)(H,33,42)(H,36,37)(H,38,39)(H,40,41)(H,44,45)(H,46,47)(H4,29,30,31). The lowest BCUT2D eigenvalue weighted by Gasteiger charge is -2.24. The molecule has 0 rings (SSSR count). The fourth-order valence-corrected chi connectivity index (χ4v) is 6.28. The molecule has 0 aromatic rings. The summed E-state index contributed by atoms with van der Waals surface area (Å²) in [5.74, 6) is -15.2. The first-order valence-corrected chi connectivity index (χ1v) is 16.8. The minimum absolute atomic E-state index is 0.00835. The first-order valence-electron chi connectivity index (χ1n) is 14.3. The molecule has 0 fully saturated rings. The summed E-state index contributed by atoms with van der Waals surface area (Å²) in [6, 6.07) is -6.05. The lowest BCUT2D eigenvalue weighted by Crippen LogP contribution is -2.50. The molecule has 0 aliphatic heterocycles. The van der Waals surface area contributed by atoms with Gasteiger partial charge in [0.15, 0.2) is 17.5 Å². The van der Waals surface area contributed by atoms with Gasteiger partial charge in [-0.15, -0.1) is 0 Å². The molecule has 2 amide bonds. The van der Waals surface area contributed by atoms with Gasteiger partial charge in [0.25, 0.3) is 0 Å². The van der Waals surface area contributed by atoms with Gasteiger partial charge in [-0.25, -0.2) is 0 Å². The highest BCUT2D eigenvalue weighted by Crippen LogP contribution is 2.26. The Morgan fingerprint density at radius 3 is 1.61 bits per heavy atom. The zero-order valence-electron chi connectivity index (χ0n) is 26.0. The van der Waals surface area contributed by atoms with E-state index >= 15 is 0 Å². The van der Waals surface area contributed by atoms with Crippen molar-refractivity contribution in [2.75, 3.05) is 18.1 Å². The number of hydrogen-bond donors (Lipinski definition) is 11. The van der Waals surface area contributed by atoms with Crippen molar-refractivity contribution in [3.8, 4) is 0 Å². The molecule has 276 valence electrons. The largest absolute Gasteiger partial charge is 0.481 e. The lowest BCUT2D eigenvalue weighted by atomic mass is 9.91. The molecule has 0 aliphatic rings. The molecule has 23 heteroatoms. The molecular formula is C26H41N7O14S2. The number of carbonyl (C=O) groups is 9. The average Bonchev–Trinajstić information content (AvgIpc) is 2.97. The van der Waals surface area contributed by atoms with Crippen LogP contribution in [-0.4, -0.2) is 127 Å². The summed E-state index contributed by atoms with van der Waals surface area (Å²) >= 11 is 0. The van der Waals surface area contributed by atoms with Gasteiger partial charge in [0.1, 0.15) is 6.04 Å². The number of carbonyl (C=O) groups excluding carboxylic acids is 4. The van der Waals surface area contributed by atoms with Gasteiger partial charge in [-0.3, -0.25) is 48.1 Å². The van der Waals surface area contributed by atoms with Crippen LogP contribution in [0, 0.1) is 11.8 Å². The third kappa shape index (κ3) is 19.8. The summed E-state index contributed by atoms with van der Waals surface area (Å²) in [7, 11) is 1.84. The number of carboxylic acid groups (broad SMARTS) is 5. The van der Waals surface area contributed by atoms with Gasteiger partial charge in [0.2, 0.25) is 11.8 Å². The summed E-state index contributed by atoms with van der Waals surface area (Å²) < 4.78 is 0. The zero-order chi connectivity index (χ0) is 37.8. The quantitative estimate of drug-likeness (QED) is 0.0171. The summed E-state index contributed by atoms with van der Waals surface area (Å²) in [5.41, 5.74) is 21.5. The Balaban J connectivity index is 5.93. The van der Waals surface area contributed by atoms with Gasteiger partial charge < -0.3 is 59.1 Å². The highest BCUT2D eigenvalue weighted by molar-refractivity contribution is 8.76. The van der Waals surface area contributed by atoms with E-state index < -0.39 is 121 Å². The van der Waals surface area contributed by atoms with Crippen LogP contribution in [0.15, 0.2) is 4.99 Å². The van der Waals surface area contributed by atoms with Crippen molar-refractivity contribution in [3.05, 3.63) is 0 Å². The summed E-state index contributed by atoms with van der Waals surface area (Å²) in [5, 5.41) is 50.4. The molecule has 0 aliphatic carbocycles.